The smallest absolute Gasteiger partial charge is 0.240 e. The highest BCUT2D eigenvalue weighted by Crippen LogP contribution is 2.12. The Morgan fingerprint density at radius 2 is 1.67 bits per heavy atom. The molecule has 0 aliphatic rings. The summed E-state index contributed by atoms with van der Waals surface area (Å²) in [6.45, 7) is -1.01. The van der Waals surface area contributed by atoms with Crippen LogP contribution in [0.15, 0.2) is 59.6 Å². The van der Waals surface area contributed by atoms with Gasteiger partial charge < -0.3 is 21.5 Å². The third-order valence-corrected chi connectivity index (χ3v) is 5.59. The third kappa shape index (κ3) is 9.24. The van der Waals surface area contributed by atoms with Crippen LogP contribution in [0, 0.1) is 0 Å². The van der Waals surface area contributed by atoms with Crippen LogP contribution >= 0.6 is 0 Å². The Kier molecular flexibility index (Phi) is 9.75. The summed E-state index contributed by atoms with van der Waals surface area (Å²) in [6, 6.07) is 13.6. The number of carbonyl (C=O) groups excluding carboxylic acids is 2. The topological polar surface area (TPSA) is 195 Å². The van der Waals surface area contributed by atoms with Crippen molar-refractivity contribution in [1.29, 1.82) is 0 Å². The number of aliphatic hydroxyl groups excluding tert-OH is 1. The maximum Gasteiger partial charge on any atom is 0.240 e. The minimum Gasteiger partial charge on any atom is -0.394 e. The quantitative estimate of drug-likeness (QED) is 0.119. The minimum absolute atomic E-state index is 0.166. The first-order valence-corrected chi connectivity index (χ1v) is 11.4. The molecular formula is C20H26N6O6S. The van der Waals surface area contributed by atoms with E-state index in [4.69, 9.17) is 10.9 Å². The lowest BCUT2D eigenvalue weighted by Crippen LogP contribution is -2.50. The summed E-state index contributed by atoms with van der Waals surface area (Å²) < 4.78 is 26.7. The largest absolute Gasteiger partial charge is 0.394 e. The number of nitrogens with one attached hydrogen (secondary N) is 4. The molecule has 2 rings (SSSR count). The number of nitrogens with zero attached hydrogens (tertiary/aromatic N) is 1. The molecule has 1 atom stereocenters. The van der Waals surface area contributed by atoms with Gasteiger partial charge in [-0.25, -0.2) is 23.6 Å². The molecule has 0 heterocycles. The second kappa shape index (κ2) is 12.5. The highest BCUT2D eigenvalue weighted by molar-refractivity contribution is 7.88. The maximum atomic E-state index is 12.3. The lowest BCUT2D eigenvalue weighted by atomic mass is 10.2. The Labute approximate surface area is 190 Å². The van der Waals surface area contributed by atoms with E-state index in [0.717, 1.165) is 5.56 Å². The van der Waals surface area contributed by atoms with Gasteiger partial charge in [0.2, 0.25) is 27.8 Å². The first kappa shape index (κ1) is 25.7. The molecule has 13 heteroatoms. The number of aliphatic hydroxyl groups is 1. The molecule has 0 unspecified atom stereocenters. The lowest BCUT2D eigenvalue weighted by molar-refractivity contribution is -0.127. The highest BCUT2D eigenvalue weighted by atomic mass is 32.2. The van der Waals surface area contributed by atoms with Crippen molar-refractivity contribution in [3.05, 3.63) is 65.7 Å². The van der Waals surface area contributed by atoms with Gasteiger partial charge in [-0.05, 0) is 23.3 Å². The van der Waals surface area contributed by atoms with Crippen molar-refractivity contribution in [1.82, 2.24) is 20.8 Å². The maximum absolute atomic E-state index is 12.3. The van der Waals surface area contributed by atoms with Crippen LogP contribution in [0.2, 0.25) is 0 Å². The molecule has 178 valence electrons. The van der Waals surface area contributed by atoms with Crippen LogP contribution in [-0.4, -0.2) is 55.7 Å². The molecule has 0 bridgehead atoms. The molecule has 8 N–H and O–H groups in total. The Morgan fingerprint density at radius 1 is 1.00 bits per heavy atom. The number of carbonyl (C=O) groups is 2. The summed E-state index contributed by atoms with van der Waals surface area (Å²) in [7, 11) is -3.89. The number of sulfonamides is 1. The van der Waals surface area contributed by atoms with Gasteiger partial charge in [0.05, 0.1) is 24.6 Å². The molecule has 0 saturated carbocycles. The standard InChI is InChI=1S/C20H26N6O6S/c21-20(25-30)24-16-8-6-14(7-9-16)10-22-18(28)11-23-19(29)17(12-27)26-33(31,32)13-15-4-2-1-3-5-15/h1-9,17,26-27,30H,10-13H2,(H,22,28)(H,23,29)(H3,21,24,25)/t17-/m1/s1. The number of nitrogens with two attached hydrogens (primary N) is 1. The van der Waals surface area contributed by atoms with E-state index in [9.17, 15) is 23.1 Å². The van der Waals surface area contributed by atoms with Crippen LogP contribution < -0.4 is 26.6 Å². The van der Waals surface area contributed by atoms with E-state index in [2.05, 4.69) is 20.3 Å². The third-order valence-electron chi connectivity index (χ3n) is 4.23. The fourth-order valence-corrected chi connectivity index (χ4v) is 3.96. The first-order chi connectivity index (χ1) is 15.7. The number of amides is 2. The second-order valence-corrected chi connectivity index (χ2v) is 8.62. The molecule has 0 aliphatic carbocycles. The van der Waals surface area contributed by atoms with E-state index in [1.807, 2.05) is 0 Å². The van der Waals surface area contributed by atoms with Gasteiger partial charge in [0.1, 0.15) is 6.04 Å². The first-order valence-electron chi connectivity index (χ1n) is 9.75. The Hall–Kier alpha value is -3.52. The van der Waals surface area contributed by atoms with Crippen molar-refractivity contribution in [2.24, 2.45) is 10.7 Å². The van der Waals surface area contributed by atoms with Gasteiger partial charge in [0.15, 0.2) is 0 Å². The van der Waals surface area contributed by atoms with Crippen LogP contribution in [0.1, 0.15) is 11.1 Å². The van der Waals surface area contributed by atoms with E-state index < -0.39 is 41.0 Å². The SMILES string of the molecule is NC(=Nc1ccc(CNC(=O)CNC(=O)[C@@H](CO)NS(=O)(=O)Cc2ccccc2)cc1)NO. The van der Waals surface area contributed by atoms with Crippen LogP contribution in [0.25, 0.3) is 0 Å². The molecule has 2 amide bonds. The highest BCUT2D eigenvalue weighted by Gasteiger charge is 2.24. The van der Waals surface area contributed by atoms with E-state index in [-0.39, 0.29) is 18.3 Å². The van der Waals surface area contributed by atoms with Gasteiger partial charge in [0, 0.05) is 6.54 Å². The number of aliphatic imine (C=N–C) groups is 1. The van der Waals surface area contributed by atoms with E-state index in [1.165, 1.54) is 0 Å². The summed E-state index contributed by atoms with van der Waals surface area (Å²) in [4.78, 5) is 28.1. The molecule has 0 aliphatic heterocycles. The van der Waals surface area contributed by atoms with Crippen LogP contribution in [-0.2, 0) is 31.9 Å². The van der Waals surface area contributed by atoms with Crippen molar-refractivity contribution in [2.45, 2.75) is 18.3 Å². The summed E-state index contributed by atoms with van der Waals surface area (Å²) in [5, 5.41) is 22.9. The fourth-order valence-electron chi connectivity index (χ4n) is 2.63. The predicted molar refractivity (Wildman–Crippen MR) is 121 cm³/mol. The molecule has 0 radical (unpaired) electrons. The lowest BCUT2D eigenvalue weighted by Gasteiger charge is -2.16. The number of hydroxylamine groups is 1. The van der Waals surface area contributed by atoms with Crippen LogP contribution in [0.5, 0.6) is 0 Å². The van der Waals surface area contributed by atoms with Crippen molar-refractivity contribution in [3.8, 4) is 0 Å². The zero-order chi connectivity index (χ0) is 24.3. The molecule has 2 aromatic rings. The number of hydrogen-bond donors (Lipinski definition) is 7. The zero-order valence-electron chi connectivity index (χ0n) is 17.6. The van der Waals surface area contributed by atoms with Crippen LogP contribution in [0.4, 0.5) is 5.69 Å². The Morgan fingerprint density at radius 3 is 2.27 bits per heavy atom. The normalized spacial score (nSPS) is 12.6. The molecule has 0 spiro atoms. The Balaban J connectivity index is 1.80. The molecule has 0 aromatic heterocycles. The minimum atomic E-state index is -3.89. The van der Waals surface area contributed by atoms with Gasteiger partial charge in [-0.3, -0.25) is 14.8 Å². The van der Waals surface area contributed by atoms with E-state index in [1.54, 1.807) is 60.1 Å². The van der Waals surface area contributed by atoms with Crippen molar-refractivity contribution in [2.75, 3.05) is 13.2 Å². The average Bonchev–Trinajstić information content (AvgIpc) is 2.80. The molecule has 0 saturated heterocycles. The number of guanidine groups is 1. The second-order valence-electron chi connectivity index (χ2n) is 6.87. The van der Waals surface area contributed by atoms with E-state index in [0.29, 0.717) is 11.3 Å². The van der Waals surface area contributed by atoms with Crippen LogP contribution in [0.3, 0.4) is 0 Å². The monoisotopic (exact) mass is 478 g/mol. The number of rotatable bonds is 11. The van der Waals surface area contributed by atoms with Gasteiger partial charge in [-0.1, -0.05) is 42.5 Å². The summed E-state index contributed by atoms with van der Waals surface area (Å²) in [5.41, 5.74) is 8.80. The molecular weight excluding hydrogens is 452 g/mol. The predicted octanol–water partition coefficient (Wildman–Crippen LogP) is -1.18. The summed E-state index contributed by atoms with van der Waals surface area (Å²) in [6.07, 6.45) is 0. The fraction of sp³-hybridized carbons (Fsp3) is 0.250. The average molecular weight is 479 g/mol. The molecule has 33 heavy (non-hydrogen) atoms. The van der Waals surface area contributed by atoms with Gasteiger partial charge in [-0.15, -0.1) is 0 Å². The zero-order valence-corrected chi connectivity index (χ0v) is 18.4. The number of hydrogen-bond acceptors (Lipinski definition) is 7. The molecule has 2 aromatic carbocycles. The molecule has 0 fully saturated rings. The van der Waals surface area contributed by atoms with E-state index >= 15 is 0 Å². The Bertz CT molecular complexity index is 1060. The van der Waals surface area contributed by atoms with Crippen molar-refractivity contribution < 1.29 is 28.3 Å². The number of benzene rings is 2. The van der Waals surface area contributed by atoms with Gasteiger partial charge >= 0.3 is 0 Å². The molecule has 12 nitrogen and oxygen atoms in total. The van der Waals surface area contributed by atoms with Crippen molar-refractivity contribution in [3.63, 3.8) is 0 Å². The summed E-state index contributed by atoms with van der Waals surface area (Å²) >= 11 is 0. The van der Waals surface area contributed by atoms with Gasteiger partial charge in [0.25, 0.3) is 0 Å². The van der Waals surface area contributed by atoms with Crippen molar-refractivity contribution >= 4 is 33.5 Å². The summed E-state index contributed by atoms with van der Waals surface area (Å²) in [5.74, 6) is -1.87. The van der Waals surface area contributed by atoms with Gasteiger partial charge in [-0.2, -0.15) is 0 Å².